The first-order chi connectivity index (χ1) is 9.58. The molecule has 0 bridgehead atoms. The van der Waals surface area contributed by atoms with Gasteiger partial charge in [-0.1, -0.05) is 29.8 Å². The van der Waals surface area contributed by atoms with E-state index in [0.29, 0.717) is 11.4 Å². The Morgan fingerprint density at radius 2 is 2.15 bits per heavy atom. The highest BCUT2D eigenvalue weighted by Gasteiger charge is 2.18. The second-order valence-corrected chi connectivity index (χ2v) is 5.35. The van der Waals surface area contributed by atoms with Crippen LogP contribution >= 0.6 is 11.6 Å². The maximum Gasteiger partial charge on any atom is 0.134 e. The van der Waals surface area contributed by atoms with Crippen LogP contribution in [0.2, 0.25) is 5.02 Å². The monoisotopic (exact) mass is 289 g/mol. The summed E-state index contributed by atoms with van der Waals surface area (Å²) in [6.45, 7) is 1.89. The van der Waals surface area contributed by atoms with Gasteiger partial charge in [0.05, 0.1) is 22.7 Å². The Kier molecular flexibility index (Phi) is 3.28. The molecular weight excluding hydrogens is 274 g/mol. The lowest BCUT2D eigenvalue weighted by Crippen LogP contribution is -2.15. The third-order valence-corrected chi connectivity index (χ3v) is 4.08. The van der Waals surface area contributed by atoms with Crippen molar-refractivity contribution >= 4 is 22.6 Å². The van der Waals surface area contributed by atoms with E-state index in [2.05, 4.69) is 5.10 Å². The van der Waals surface area contributed by atoms with Gasteiger partial charge < -0.3 is 10.2 Å². The van der Waals surface area contributed by atoms with Crippen molar-refractivity contribution in [2.75, 3.05) is 0 Å². The van der Waals surface area contributed by atoms with Gasteiger partial charge in [0.1, 0.15) is 5.58 Å². The van der Waals surface area contributed by atoms with Gasteiger partial charge >= 0.3 is 0 Å². The van der Waals surface area contributed by atoms with E-state index in [-0.39, 0.29) is 6.04 Å². The summed E-state index contributed by atoms with van der Waals surface area (Å²) in [6, 6.07) is 7.71. The van der Waals surface area contributed by atoms with Gasteiger partial charge in [-0.25, -0.2) is 0 Å². The molecule has 0 radical (unpaired) electrons. The second-order valence-electron chi connectivity index (χ2n) is 4.97. The van der Waals surface area contributed by atoms with Crippen molar-refractivity contribution in [2.45, 2.75) is 19.4 Å². The number of para-hydroxylation sites is 1. The highest BCUT2D eigenvalue weighted by Crippen LogP contribution is 2.29. The maximum absolute atomic E-state index is 6.32. The van der Waals surface area contributed by atoms with E-state index in [1.165, 1.54) is 0 Å². The van der Waals surface area contributed by atoms with Crippen LogP contribution in [0.1, 0.15) is 23.0 Å². The molecule has 5 heteroatoms. The van der Waals surface area contributed by atoms with E-state index in [9.17, 15) is 0 Å². The predicted molar refractivity (Wildman–Crippen MR) is 79.8 cm³/mol. The number of aromatic nitrogens is 2. The second kappa shape index (κ2) is 4.96. The van der Waals surface area contributed by atoms with E-state index in [1.54, 1.807) is 10.9 Å². The van der Waals surface area contributed by atoms with E-state index < -0.39 is 0 Å². The molecule has 0 saturated heterocycles. The Hall–Kier alpha value is -1.78. The fourth-order valence-corrected chi connectivity index (χ4v) is 2.74. The van der Waals surface area contributed by atoms with Crippen molar-refractivity contribution in [1.82, 2.24) is 9.78 Å². The van der Waals surface area contributed by atoms with Gasteiger partial charge in [0.15, 0.2) is 0 Å². The molecule has 4 nitrogen and oxygen atoms in total. The first-order valence-electron chi connectivity index (χ1n) is 6.47. The summed E-state index contributed by atoms with van der Waals surface area (Å²) in [7, 11) is 1.88. The van der Waals surface area contributed by atoms with Crippen LogP contribution in [0.3, 0.4) is 0 Å². The minimum atomic E-state index is -0.175. The lowest BCUT2D eigenvalue weighted by atomic mass is 10.0. The smallest absolute Gasteiger partial charge is 0.134 e. The van der Waals surface area contributed by atoms with Crippen LogP contribution in [0.5, 0.6) is 0 Å². The van der Waals surface area contributed by atoms with E-state index in [1.807, 2.05) is 38.2 Å². The molecular formula is C15H16ClN3O. The molecule has 20 heavy (non-hydrogen) atoms. The van der Waals surface area contributed by atoms with Crippen LogP contribution in [0.4, 0.5) is 0 Å². The predicted octanol–water partition coefficient (Wildman–Crippen LogP) is 3.37. The molecule has 0 aliphatic rings. The largest absolute Gasteiger partial charge is 0.464 e. The summed E-state index contributed by atoms with van der Waals surface area (Å²) in [5.74, 6) is 0. The molecule has 0 spiro atoms. The number of nitrogens with two attached hydrogens (primary N) is 1. The topological polar surface area (TPSA) is 57.0 Å². The number of aryl methyl sites for hydroxylation is 2. The Labute approximate surface area is 122 Å². The average molecular weight is 290 g/mol. The van der Waals surface area contributed by atoms with E-state index in [0.717, 1.165) is 27.9 Å². The van der Waals surface area contributed by atoms with Gasteiger partial charge in [0.2, 0.25) is 0 Å². The lowest BCUT2D eigenvalue weighted by molar-refractivity contribution is 0.591. The molecule has 0 fully saturated rings. The molecule has 3 aromatic rings. The molecule has 1 aromatic carbocycles. The normalized spacial score (nSPS) is 13.0. The highest BCUT2D eigenvalue weighted by molar-refractivity contribution is 6.31. The summed E-state index contributed by atoms with van der Waals surface area (Å²) in [6.07, 6.45) is 2.35. The maximum atomic E-state index is 6.32. The van der Waals surface area contributed by atoms with Crippen molar-refractivity contribution < 1.29 is 4.42 Å². The molecule has 0 aliphatic heterocycles. The van der Waals surface area contributed by atoms with Crippen LogP contribution in [-0.2, 0) is 13.5 Å². The van der Waals surface area contributed by atoms with Crippen molar-refractivity contribution in [2.24, 2.45) is 12.8 Å². The number of rotatable bonds is 3. The van der Waals surface area contributed by atoms with Crippen LogP contribution < -0.4 is 5.73 Å². The number of halogens is 1. The van der Waals surface area contributed by atoms with Gasteiger partial charge in [0, 0.05) is 30.5 Å². The van der Waals surface area contributed by atoms with Crippen LogP contribution in [0, 0.1) is 6.92 Å². The summed E-state index contributed by atoms with van der Waals surface area (Å²) < 4.78 is 7.33. The molecule has 3 rings (SSSR count). The zero-order valence-corrected chi connectivity index (χ0v) is 12.2. The van der Waals surface area contributed by atoms with Gasteiger partial charge in [-0.05, 0) is 13.0 Å². The number of hydrogen-bond acceptors (Lipinski definition) is 3. The third-order valence-electron chi connectivity index (χ3n) is 3.59. The highest BCUT2D eigenvalue weighted by atomic mass is 35.5. The SMILES string of the molecule is Cc1nn(C)c(CC(N)c2coc3ccccc23)c1Cl. The molecule has 1 atom stereocenters. The number of fused-ring (bicyclic) bond motifs is 1. The summed E-state index contributed by atoms with van der Waals surface area (Å²) >= 11 is 6.28. The molecule has 0 saturated carbocycles. The summed E-state index contributed by atoms with van der Waals surface area (Å²) in [5, 5.41) is 6.05. The average Bonchev–Trinajstić information content (AvgIpc) is 2.96. The van der Waals surface area contributed by atoms with Crippen molar-refractivity contribution in [1.29, 1.82) is 0 Å². The standard InChI is InChI=1S/C15H16ClN3O/c1-9-15(16)13(19(2)18-9)7-12(17)11-8-20-14-6-4-3-5-10(11)14/h3-6,8,12H,7,17H2,1-2H3. The molecule has 0 aliphatic carbocycles. The Bertz CT molecular complexity index is 760. The molecule has 0 amide bonds. The number of hydrogen-bond donors (Lipinski definition) is 1. The first kappa shape index (κ1) is 13.2. The number of benzene rings is 1. The van der Waals surface area contributed by atoms with E-state index in [4.69, 9.17) is 21.8 Å². The van der Waals surface area contributed by atoms with Crippen LogP contribution in [-0.4, -0.2) is 9.78 Å². The number of nitrogens with zero attached hydrogens (tertiary/aromatic N) is 2. The Balaban J connectivity index is 1.95. The summed E-state index contributed by atoms with van der Waals surface area (Å²) in [5.41, 5.74) is 9.95. The molecule has 2 N–H and O–H groups in total. The lowest BCUT2D eigenvalue weighted by Gasteiger charge is -2.11. The first-order valence-corrected chi connectivity index (χ1v) is 6.85. The van der Waals surface area contributed by atoms with E-state index >= 15 is 0 Å². The van der Waals surface area contributed by atoms with Crippen LogP contribution in [0.15, 0.2) is 34.9 Å². The minimum absolute atomic E-state index is 0.175. The fraction of sp³-hybridized carbons (Fsp3) is 0.267. The van der Waals surface area contributed by atoms with Gasteiger partial charge in [-0.15, -0.1) is 0 Å². The Morgan fingerprint density at radius 3 is 2.85 bits per heavy atom. The zero-order valence-electron chi connectivity index (χ0n) is 11.4. The van der Waals surface area contributed by atoms with Crippen molar-refractivity contribution in [3.8, 4) is 0 Å². The van der Waals surface area contributed by atoms with Crippen molar-refractivity contribution in [3.05, 3.63) is 52.5 Å². The zero-order chi connectivity index (χ0) is 14.3. The van der Waals surface area contributed by atoms with Gasteiger partial charge in [0.25, 0.3) is 0 Å². The van der Waals surface area contributed by atoms with Crippen molar-refractivity contribution in [3.63, 3.8) is 0 Å². The van der Waals surface area contributed by atoms with Gasteiger partial charge in [-0.2, -0.15) is 5.10 Å². The third kappa shape index (κ3) is 2.11. The fourth-order valence-electron chi connectivity index (χ4n) is 2.51. The quantitative estimate of drug-likeness (QED) is 0.804. The molecule has 2 heterocycles. The van der Waals surface area contributed by atoms with Crippen LogP contribution in [0.25, 0.3) is 11.0 Å². The minimum Gasteiger partial charge on any atom is -0.464 e. The Morgan fingerprint density at radius 1 is 1.40 bits per heavy atom. The summed E-state index contributed by atoms with van der Waals surface area (Å²) in [4.78, 5) is 0. The molecule has 104 valence electrons. The molecule has 2 aromatic heterocycles. The number of furan rings is 1. The molecule has 1 unspecified atom stereocenters. The van der Waals surface area contributed by atoms with Gasteiger partial charge in [-0.3, -0.25) is 4.68 Å².